The van der Waals surface area contributed by atoms with Crippen LogP contribution in [0.25, 0.3) is 5.65 Å². The molecule has 0 saturated carbocycles. The van der Waals surface area contributed by atoms with Crippen molar-refractivity contribution in [3.63, 3.8) is 0 Å². The van der Waals surface area contributed by atoms with E-state index in [9.17, 15) is 4.39 Å². The number of fused-ring (bicyclic) bond motifs is 1. The fourth-order valence-corrected chi connectivity index (χ4v) is 2.47. The maximum absolute atomic E-state index is 13.2. The molecule has 4 nitrogen and oxygen atoms in total. The molecule has 118 valence electrons. The number of imidazole rings is 1. The standard InChI is InChI=1S/C17H16ClFN4/c1-10(2)16-17(23-9-11(3)4-7-15(23)20-16)22-21-12-5-6-14(19)13(18)8-12/h4-10H,1-3H3. The molecular formula is C17H16ClFN4. The molecule has 6 heteroatoms. The van der Waals surface area contributed by atoms with Crippen LogP contribution >= 0.6 is 11.6 Å². The number of aromatic nitrogens is 2. The summed E-state index contributed by atoms with van der Waals surface area (Å²) in [6, 6.07) is 8.22. The summed E-state index contributed by atoms with van der Waals surface area (Å²) < 4.78 is 15.1. The van der Waals surface area contributed by atoms with Gasteiger partial charge in [0.2, 0.25) is 0 Å². The number of hydrogen-bond donors (Lipinski definition) is 0. The van der Waals surface area contributed by atoms with E-state index >= 15 is 0 Å². The van der Waals surface area contributed by atoms with Crippen LogP contribution in [0.3, 0.4) is 0 Å². The molecule has 23 heavy (non-hydrogen) atoms. The molecule has 0 aliphatic rings. The number of rotatable bonds is 3. The third-order valence-electron chi connectivity index (χ3n) is 3.48. The zero-order valence-electron chi connectivity index (χ0n) is 13.1. The molecule has 2 aromatic heterocycles. The molecule has 0 bridgehead atoms. The summed E-state index contributed by atoms with van der Waals surface area (Å²) in [5, 5.41) is 8.56. The molecule has 1 aromatic carbocycles. The van der Waals surface area contributed by atoms with Gasteiger partial charge in [-0.25, -0.2) is 9.37 Å². The fraction of sp³-hybridized carbons (Fsp3) is 0.235. The van der Waals surface area contributed by atoms with E-state index in [4.69, 9.17) is 11.6 Å². The first-order valence-electron chi connectivity index (χ1n) is 7.31. The van der Waals surface area contributed by atoms with Crippen LogP contribution in [0.2, 0.25) is 5.02 Å². The third-order valence-corrected chi connectivity index (χ3v) is 3.77. The van der Waals surface area contributed by atoms with E-state index in [1.807, 2.05) is 29.7 Å². The van der Waals surface area contributed by atoms with E-state index in [0.29, 0.717) is 11.5 Å². The summed E-state index contributed by atoms with van der Waals surface area (Å²) in [5.74, 6) is 0.416. The molecule has 3 aromatic rings. The number of halogens is 2. The van der Waals surface area contributed by atoms with E-state index < -0.39 is 5.82 Å². The van der Waals surface area contributed by atoms with Gasteiger partial charge in [0.15, 0.2) is 5.82 Å². The van der Waals surface area contributed by atoms with Crippen LogP contribution in [0.1, 0.15) is 31.0 Å². The van der Waals surface area contributed by atoms with Gasteiger partial charge >= 0.3 is 0 Å². The molecule has 0 radical (unpaired) electrons. The summed E-state index contributed by atoms with van der Waals surface area (Å²) >= 11 is 5.78. The van der Waals surface area contributed by atoms with Crippen molar-refractivity contribution in [3.05, 3.63) is 58.6 Å². The first kappa shape index (κ1) is 15.6. The summed E-state index contributed by atoms with van der Waals surface area (Å²) in [5.41, 5.74) is 3.29. The average Bonchev–Trinajstić information content (AvgIpc) is 2.86. The molecule has 0 N–H and O–H groups in total. The quantitative estimate of drug-likeness (QED) is 0.545. The first-order valence-corrected chi connectivity index (χ1v) is 7.69. The van der Waals surface area contributed by atoms with E-state index in [-0.39, 0.29) is 10.9 Å². The lowest BCUT2D eigenvalue weighted by atomic mass is 10.1. The molecule has 2 heterocycles. The summed E-state index contributed by atoms with van der Waals surface area (Å²) in [7, 11) is 0. The number of nitrogens with zero attached hydrogens (tertiary/aromatic N) is 4. The Kier molecular flexibility index (Phi) is 4.13. The van der Waals surface area contributed by atoms with Crippen molar-refractivity contribution < 1.29 is 4.39 Å². The number of hydrogen-bond acceptors (Lipinski definition) is 3. The predicted octanol–water partition coefficient (Wildman–Crippen LogP) is 5.97. The minimum absolute atomic E-state index is 0.0273. The van der Waals surface area contributed by atoms with Crippen LogP contribution in [0, 0.1) is 12.7 Å². The highest BCUT2D eigenvalue weighted by Gasteiger charge is 2.15. The monoisotopic (exact) mass is 330 g/mol. The van der Waals surface area contributed by atoms with Crippen LogP contribution in [-0.4, -0.2) is 9.38 Å². The molecule has 0 unspecified atom stereocenters. The molecule has 0 fully saturated rings. The van der Waals surface area contributed by atoms with Crippen molar-refractivity contribution in [2.45, 2.75) is 26.7 Å². The predicted molar refractivity (Wildman–Crippen MR) is 89.6 cm³/mol. The molecule has 0 aliphatic carbocycles. The Hall–Kier alpha value is -2.27. The Morgan fingerprint density at radius 1 is 1.17 bits per heavy atom. The molecule has 0 amide bonds. The SMILES string of the molecule is Cc1ccc2nc(C(C)C)c(N=Nc3ccc(F)c(Cl)c3)n2c1. The van der Waals surface area contributed by atoms with Crippen molar-refractivity contribution in [1.29, 1.82) is 0 Å². The zero-order chi connectivity index (χ0) is 16.6. The van der Waals surface area contributed by atoms with Gasteiger partial charge in [-0.05, 0) is 42.7 Å². The van der Waals surface area contributed by atoms with E-state index in [0.717, 1.165) is 16.9 Å². The van der Waals surface area contributed by atoms with E-state index in [1.165, 1.54) is 18.2 Å². The van der Waals surface area contributed by atoms with Gasteiger partial charge in [-0.3, -0.25) is 4.40 Å². The van der Waals surface area contributed by atoms with Crippen molar-refractivity contribution in [2.75, 3.05) is 0 Å². The van der Waals surface area contributed by atoms with E-state index in [2.05, 4.69) is 29.1 Å². The highest BCUT2D eigenvalue weighted by molar-refractivity contribution is 6.30. The van der Waals surface area contributed by atoms with Gasteiger partial charge in [-0.1, -0.05) is 31.5 Å². The highest BCUT2D eigenvalue weighted by atomic mass is 35.5. The fourth-order valence-electron chi connectivity index (χ4n) is 2.30. The van der Waals surface area contributed by atoms with Gasteiger partial charge in [0.05, 0.1) is 16.4 Å². The smallest absolute Gasteiger partial charge is 0.183 e. The van der Waals surface area contributed by atoms with Crippen molar-refractivity contribution in [1.82, 2.24) is 9.38 Å². The Balaban J connectivity index is 2.10. The zero-order valence-corrected chi connectivity index (χ0v) is 13.8. The number of azo groups is 1. The number of benzene rings is 1. The Labute approximate surface area is 138 Å². The van der Waals surface area contributed by atoms with E-state index in [1.54, 1.807) is 0 Å². The summed E-state index contributed by atoms with van der Waals surface area (Å²) in [6.07, 6.45) is 1.97. The maximum atomic E-state index is 13.2. The third kappa shape index (κ3) is 3.10. The van der Waals surface area contributed by atoms with Gasteiger partial charge in [-0.2, -0.15) is 0 Å². The first-order chi connectivity index (χ1) is 11.0. The second kappa shape index (κ2) is 6.08. The highest BCUT2D eigenvalue weighted by Crippen LogP contribution is 2.30. The van der Waals surface area contributed by atoms with Crippen molar-refractivity contribution >= 4 is 28.8 Å². The largest absolute Gasteiger partial charge is 0.283 e. The van der Waals surface area contributed by atoms with Crippen LogP contribution in [0.15, 0.2) is 46.8 Å². The molecular weight excluding hydrogens is 315 g/mol. The normalized spacial score (nSPS) is 11.9. The molecule has 3 rings (SSSR count). The molecule has 0 atom stereocenters. The van der Waals surface area contributed by atoms with Crippen molar-refractivity contribution in [3.8, 4) is 0 Å². The lowest BCUT2D eigenvalue weighted by Gasteiger charge is -2.02. The van der Waals surface area contributed by atoms with Crippen LogP contribution in [-0.2, 0) is 0 Å². The summed E-state index contributed by atoms with van der Waals surface area (Å²) in [4.78, 5) is 4.62. The molecule has 0 spiro atoms. The van der Waals surface area contributed by atoms with Gasteiger partial charge in [0, 0.05) is 6.20 Å². The van der Waals surface area contributed by atoms with Gasteiger partial charge < -0.3 is 0 Å². The topological polar surface area (TPSA) is 42.0 Å². The Morgan fingerprint density at radius 3 is 2.65 bits per heavy atom. The molecule has 0 saturated heterocycles. The Morgan fingerprint density at radius 2 is 1.96 bits per heavy atom. The van der Waals surface area contributed by atoms with Gasteiger partial charge in [-0.15, -0.1) is 10.2 Å². The number of aryl methyl sites for hydroxylation is 1. The van der Waals surface area contributed by atoms with Crippen molar-refractivity contribution in [2.24, 2.45) is 10.2 Å². The van der Waals surface area contributed by atoms with Crippen LogP contribution < -0.4 is 0 Å². The average molecular weight is 331 g/mol. The maximum Gasteiger partial charge on any atom is 0.183 e. The van der Waals surface area contributed by atoms with Crippen LogP contribution in [0.5, 0.6) is 0 Å². The second-order valence-corrected chi connectivity index (χ2v) is 6.12. The van der Waals surface area contributed by atoms with Gasteiger partial charge in [0.25, 0.3) is 0 Å². The number of pyridine rings is 1. The second-order valence-electron chi connectivity index (χ2n) is 5.71. The van der Waals surface area contributed by atoms with Crippen LogP contribution in [0.4, 0.5) is 15.9 Å². The van der Waals surface area contributed by atoms with Gasteiger partial charge in [0.1, 0.15) is 11.5 Å². The lowest BCUT2D eigenvalue weighted by molar-refractivity contribution is 0.628. The minimum Gasteiger partial charge on any atom is -0.283 e. The summed E-state index contributed by atoms with van der Waals surface area (Å²) in [6.45, 7) is 6.12. The lowest BCUT2D eigenvalue weighted by Crippen LogP contribution is -1.88. The molecule has 0 aliphatic heterocycles. The minimum atomic E-state index is -0.473. The Bertz CT molecular complexity index is 899.